The van der Waals surface area contributed by atoms with Crippen molar-refractivity contribution in [1.29, 1.82) is 0 Å². The molecule has 0 atom stereocenters. The standard InChI is InChI=1S/C22H23N3O3/c1-25-13-16(12-24-25)20-8-7-14(11-23-20)9-15-10-19(22(26)28-3)21(27-2)18-6-4-5-17(15)18/h7-8,10-13H,4-6,9H2,1-3H3. The zero-order valence-corrected chi connectivity index (χ0v) is 16.4. The van der Waals surface area contributed by atoms with Crippen LogP contribution in [-0.2, 0) is 31.0 Å². The molecule has 0 saturated carbocycles. The lowest BCUT2D eigenvalue weighted by Gasteiger charge is -2.16. The first-order valence-electron chi connectivity index (χ1n) is 9.34. The fraction of sp³-hybridized carbons (Fsp3) is 0.318. The Hall–Kier alpha value is -3.15. The maximum atomic E-state index is 12.3. The van der Waals surface area contributed by atoms with Crippen molar-refractivity contribution >= 4 is 5.97 Å². The average molecular weight is 377 g/mol. The Balaban J connectivity index is 1.68. The molecule has 144 valence electrons. The van der Waals surface area contributed by atoms with Gasteiger partial charge in [-0.25, -0.2) is 4.79 Å². The van der Waals surface area contributed by atoms with Gasteiger partial charge in [0.2, 0.25) is 0 Å². The molecule has 0 aliphatic heterocycles. The number of nitrogens with zero attached hydrogens (tertiary/aromatic N) is 3. The van der Waals surface area contributed by atoms with Gasteiger partial charge in [-0.05, 0) is 60.1 Å². The Morgan fingerprint density at radius 2 is 2.00 bits per heavy atom. The summed E-state index contributed by atoms with van der Waals surface area (Å²) in [7, 11) is 4.90. The molecule has 3 aromatic rings. The van der Waals surface area contributed by atoms with Crippen molar-refractivity contribution in [3.63, 3.8) is 0 Å². The summed E-state index contributed by atoms with van der Waals surface area (Å²) in [4.78, 5) is 16.9. The van der Waals surface area contributed by atoms with Crippen LogP contribution in [0.4, 0.5) is 0 Å². The van der Waals surface area contributed by atoms with E-state index in [-0.39, 0.29) is 5.97 Å². The lowest BCUT2D eigenvalue weighted by molar-refractivity contribution is 0.0596. The van der Waals surface area contributed by atoms with Crippen molar-refractivity contribution in [3.05, 3.63) is 64.6 Å². The molecule has 0 saturated heterocycles. The van der Waals surface area contributed by atoms with E-state index in [0.29, 0.717) is 11.3 Å². The van der Waals surface area contributed by atoms with E-state index in [0.717, 1.165) is 53.6 Å². The van der Waals surface area contributed by atoms with E-state index in [1.807, 2.05) is 31.6 Å². The van der Waals surface area contributed by atoms with Gasteiger partial charge in [-0.1, -0.05) is 6.07 Å². The summed E-state index contributed by atoms with van der Waals surface area (Å²) in [5.74, 6) is 0.297. The molecule has 0 unspecified atom stereocenters. The van der Waals surface area contributed by atoms with Crippen LogP contribution in [0.3, 0.4) is 0 Å². The number of carbonyl (C=O) groups is 1. The molecule has 0 bridgehead atoms. The zero-order valence-electron chi connectivity index (χ0n) is 16.4. The second kappa shape index (κ2) is 7.46. The Morgan fingerprint density at radius 3 is 2.64 bits per heavy atom. The van der Waals surface area contributed by atoms with Crippen LogP contribution < -0.4 is 4.74 Å². The van der Waals surface area contributed by atoms with Crippen LogP contribution in [0.1, 0.15) is 39.0 Å². The number of pyridine rings is 1. The largest absolute Gasteiger partial charge is 0.496 e. The van der Waals surface area contributed by atoms with E-state index in [2.05, 4.69) is 16.1 Å². The Morgan fingerprint density at radius 1 is 1.18 bits per heavy atom. The highest BCUT2D eigenvalue weighted by Crippen LogP contribution is 2.37. The lowest BCUT2D eigenvalue weighted by Crippen LogP contribution is -2.09. The third kappa shape index (κ3) is 3.26. The molecule has 4 rings (SSSR count). The predicted octanol–water partition coefficient (Wildman–Crippen LogP) is 3.36. The summed E-state index contributed by atoms with van der Waals surface area (Å²) < 4.78 is 12.3. The highest BCUT2D eigenvalue weighted by molar-refractivity contribution is 5.93. The smallest absolute Gasteiger partial charge is 0.341 e. The first-order valence-corrected chi connectivity index (χ1v) is 9.34. The number of benzene rings is 1. The van der Waals surface area contributed by atoms with Gasteiger partial charge in [-0.2, -0.15) is 5.10 Å². The van der Waals surface area contributed by atoms with Crippen molar-refractivity contribution in [2.24, 2.45) is 7.05 Å². The number of aryl methyl sites for hydroxylation is 1. The van der Waals surface area contributed by atoms with Crippen LogP contribution in [0.5, 0.6) is 5.75 Å². The second-order valence-corrected chi connectivity index (χ2v) is 7.05. The number of rotatable bonds is 5. The van der Waals surface area contributed by atoms with Crippen LogP contribution in [0.2, 0.25) is 0 Å². The van der Waals surface area contributed by atoms with Crippen molar-refractivity contribution in [2.75, 3.05) is 14.2 Å². The molecule has 28 heavy (non-hydrogen) atoms. The quantitative estimate of drug-likeness (QED) is 0.638. The lowest BCUT2D eigenvalue weighted by atomic mass is 9.94. The maximum absolute atomic E-state index is 12.3. The van der Waals surface area contributed by atoms with E-state index in [4.69, 9.17) is 9.47 Å². The van der Waals surface area contributed by atoms with Crippen LogP contribution >= 0.6 is 0 Å². The molecule has 0 radical (unpaired) electrons. The van der Waals surface area contributed by atoms with Gasteiger partial charge in [-0.3, -0.25) is 9.67 Å². The number of hydrogen-bond donors (Lipinski definition) is 0. The van der Waals surface area contributed by atoms with Gasteiger partial charge in [0.25, 0.3) is 0 Å². The fourth-order valence-electron chi connectivity index (χ4n) is 3.96. The van der Waals surface area contributed by atoms with Gasteiger partial charge in [0.1, 0.15) is 11.3 Å². The van der Waals surface area contributed by atoms with Crippen LogP contribution in [-0.4, -0.2) is 35.0 Å². The molecule has 2 aromatic heterocycles. The normalized spacial score (nSPS) is 12.7. The van der Waals surface area contributed by atoms with Crippen LogP contribution in [0, 0.1) is 0 Å². The van der Waals surface area contributed by atoms with Gasteiger partial charge in [-0.15, -0.1) is 0 Å². The predicted molar refractivity (Wildman–Crippen MR) is 106 cm³/mol. The minimum Gasteiger partial charge on any atom is -0.496 e. The molecule has 0 fully saturated rings. The van der Waals surface area contributed by atoms with Gasteiger partial charge in [0.05, 0.1) is 26.1 Å². The van der Waals surface area contributed by atoms with Gasteiger partial charge >= 0.3 is 5.97 Å². The number of methoxy groups -OCH3 is 2. The average Bonchev–Trinajstić information content (AvgIpc) is 3.37. The van der Waals surface area contributed by atoms with Crippen molar-refractivity contribution in [1.82, 2.24) is 14.8 Å². The molecule has 6 heteroatoms. The maximum Gasteiger partial charge on any atom is 0.341 e. The molecule has 0 amide bonds. The molecule has 1 aliphatic carbocycles. The number of ether oxygens (including phenoxy) is 2. The number of hydrogen-bond acceptors (Lipinski definition) is 5. The first kappa shape index (κ1) is 18.2. The van der Waals surface area contributed by atoms with Crippen LogP contribution in [0.25, 0.3) is 11.3 Å². The van der Waals surface area contributed by atoms with E-state index < -0.39 is 0 Å². The highest BCUT2D eigenvalue weighted by atomic mass is 16.5. The third-order valence-electron chi connectivity index (χ3n) is 5.27. The summed E-state index contributed by atoms with van der Waals surface area (Å²) in [5.41, 5.74) is 7.06. The van der Waals surface area contributed by atoms with E-state index in [1.165, 1.54) is 12.7 Å². The van der Waals surface area contributed by atoms with Crippen LogP contribution in [0.15, 0.2) is 36.8 Å². The molecule has 0 spiro atoms. The van der Waals surface area contributed by atoms with E-state index in [1.54, 1.807) is 18.0 Å². The van der Waals surface area contributed by atoms with Crippen molar-refractivity contribution in [2.45, 2.75) is 25.7 Å². The monoisotopic (exact) mass is 377 g/mol. The summed E-state index contributed by atoms with van der Waals surface area (Å²) in [6.45, 7) is 0. The summed E-state index contributed by atoms with van der Waals surface area (Å²) >= 11 is 0. The minimum atomic E-state index is -0.363. The second-order valence-electron chi connectivity index (χ2n) is 7.05. The van der Waals surface area contributed by atoms with Crippen molar-refractivity contribution in [3.8, 4) is 17.0 Å². The third-order valence-corrected chi connectivity index (χ3v) is 5.27. The molecular weight excluding hydrogens is 354 g/mol. The molecule has 1 aliphatic rings. The molecular formula is C22H23N3O3. The SMILES string of the molecule is COC(=O)c1cc(Cc2ccc(-c3cnn(C)c3)nc2)c2c(c1OC)CCC2. The van der Waals surface area contributed by atoms with Gasteiger partial charge < -0.3 is 9.47 Å². The summed E-state index contributed by atoms with van der Waals surface area (Å²) in [6.07, 6.45) is 9.37. The van der Waals surface area contributed by atoms with Gasteiger partial charge in [0, 0.05) is 25.0 Å². The molecule has 6 nitrogen and oxygen atoms in total. The minimum absolute atomic E-state index is 0.363. The topological polar surface area (TPSA) is 66.2 Å². The number of aromatic nitrogens is 3. The van der Waals surface area contributed by atoms with Crippen molar-refractivity contribution < 1.29 is 14.3 Å². The molecule has 2 heterocycles. The summed E-state index contributed by atoms with van der Waals surface area (Å²) in [5, 5.41) is 4.19. The zero-order chi connectivity index (χ0) is 19.7. The van der Waals surface area contributed by atoms with E-state index in [9.17, 15) is 4.79 Å². The van der Waals surface area contributed by atoms with Gasteiger partial charge in [0.15, 0.2) is 0 Å². The number of carbonyl (C=O) groups excluding carboxylic acids is 1. The Labute approximate surface area is 164 Å². The molecule has 1 aromatic carbocycles. The Bertz CT molecular complexity index is 1020. The highest BCUT2D eigenvalue weighted by Gasteiger charge is 2.26. The first-order chi connectivity index (χ1) is 13.6. The number of fused-ring (bicyclic) bond motifs is 1. The summed E-state index contributed by atoms with van der Waals surface area (Å²) in [6, 6.07) is 6.01. The molecule has 0 N–H and O–H groups in total. The fourth-order valence-corrected chi connectivity index (χ4v) is 3.96. The Kier molecular flexibility index (Phi) is 4.86. The number of esters is 1. The van der Waals surface area contributed by atoms with E-state index >= 15 is 0 Å².